The molecule has 0 radical (unpaired) electrons. The number of hydrogen-bond acceptors (Lipinski definition) is 4. The van der Waals surface area contributed by atoms with Gasteiger partial charge in [-0.1, -0.05) is 12.1 Å². The highest BCUT2D eigenvalue weighted by Gasteiger charge is 2.41. The molecule has 3 fully saturated rings. The number of thiocarbonyl (C=S) groups is 1. The van der Waals surface area contributed by atoms with E-state index in [0.29, 0.717) is 12.0 Å². The third-order valence-electron chi connectivity index (χ3n) is 5.08. The Bertz CT molecular complexity index is 651. The number of thioether (sulfide) groups is 2. The second-order valence-electron chi connectivity index (χ2n) is 6.41. The lowest BCUT2D eigenvalue weighted by atomic mass is 9.74. The quantitative estimate of drug-likeness (QED) is 0.755. The predicted octanol–water partition coefficient (Wildman–Crippen LogP) is 4.07. The van der Waals surface area contributed by atoms with Crippen LogP contribution in [0.15, 0.2) is 34.1 Å². The fourth-order valence-electron chi connectivity index (χ4n) is 3.96. The Morgan fingerprint density at radius 1 is 1.08 bits per heavy atom. The summed E-state index contributed by atoms with van der Waals surface area (Å²) in [6.45, 7) is 0. The molecule has 3 nitrogen and oxygen atoms in total. The minimum atomic E-state index is 0.280. The van der Waals surface area contributed by atoms with Gasteiger partial charge in [0.15, 0.2) is 5.11 Å². The van der Waals surface area contributed by atoms with Crippen LogP contribution in [0.4, 0.5) is 0 Å². The van der Waals surface area contributed by atoms with Gasteiger partial charge in [0.2, 0.25) is 0 Å². The van der Waals surface area contributed by atoms with E-state index in [9.17, 15) is 0 Å². The molecule has 2 aliphatic heterocycles. The number of rotatable bonds is 2. The monoisotopic (exact) mass is 378 g/mol. The SMILES string of the molecule is COc1ccc([C@@H]2NC(=S)N[C@@H]3C(=C4SCCS4)CCC[C@@H]32)cc1. The van der Waals surface area contributed by atoms with Gasteiger partial charge in [-0.15, -0.1) is 23.5 Å². The van der Waals surface area contributed by atoms with Crippen LogP contribution in [0.1, 0.15) is 30.9 Å². The number of methoxy groups -OCH3 is 1. The second kappa shape index (κ2) is 7.18. The smallest absolute Gasteiger partial charge is 0.167 e. The molecule has 128 valence electrons. The minimum Gasteiger partial charge on any atom is -0.497 e. The zero-order valence-corrected chi connectivity index (χ0v) is 16.2. The molecule has 1 aliphatic carbocycles. The van der Waals surface area contributed by atoms with E-state index in [4.69, 9.17) is 17.0 Å². The van der Waals surface area contributed by atoms with Crippen LogP contribution in [0.3, 0.4) is 0 Å². The van der Waals surface area contributed by atoms with Crippen molar-refractivity contribution >= 4 is 40.9 Å². The van der Waals surface area contributed by atoms with Crippen molar-refractivity contribution < 1.29 is 4.74 Å². The van der Waals surface area contributed by atoms with E-state index in [2.05, 4.69) is 22.8 Å². The molecule has 0 bridgehead atoms. The lowest BCUT2D eigenvalue weighted by Gasteiger charge is -2.45. The van der Waals surface area contributed by atoms with Crippen molar-refractivity contribution in [3.8, 4) is 5.75 Å². The molecular weight excluding hydrogens is 356 g/mol. The summed E-state index contributed by atoms with van der Waals surface area (Å²) in [5.74, 6) is 3.93. The molecule has 0 amide bonds. The highest BCUT2D eigenvalue weighted by molar-refractivity contribution is 8.25. The van der Waals surface area contributed by atoms with Crippen molar-refractivity contribution in [1.29, 1.82) is 0 Å². The van der Waals surface area contributed by atoms with Crippen molar-refractivity contribution in [1.82, 2.24) is 10.6 Å². The first-order valence-corrected chi connectivity index (χ1v) is 10.8. The topological polar surface area (TPSA) is 33.3 Å². The summed E-state index contributed by atoms with van der Waals surface area (Å²) >= 11 is 9.60. The van der Waals surface area contributed by atoms with Crippen molar-refractivity contribution in [2.45, 2.75) is 31.3 Å². The summed E-state index contributed by atoms with van der Waals surface area (Å²) in [6, 6.07) is 9.09. The van der Waals surface area contributed by atoms with Gasteiger partial charge in [0, 0.05) is 21.7 Å². The van der Waals surface area contributed by atoms with Gasteiger partial charge in [-0.3, -0.25) is 0 Å². The second-order valence-corrected chi connectivity index (χ2v) is 9.29. The molecule has 1 aromatic carbocycles. The molecule has 1 aromatic rings. The maximum atomic E-state index is 5.54. The van der Waals surface area contributed by atoms with Crippen molar-refractivity contribution in [2.75, 3.05) is 18.6 Å². The number of fused-ring (bicyclic) bond motifs is 1. The maximum absolute atomic E-state index is 5.54. The maximum Gasteiger partial charge on any atom is 0.167 e. The normalized spacial score (nSPS) is 29.7. The highest BCUT2D eigenvalue weighted by atomic mass is 32.2. The molecule has 0 aromatic heterocycles. The molecule has 0 spiro atoms. The average molecular weight is 379 g/mol. The lowest BCUT2D eigenvalue weighted by Crippen LogP contribution is -2.58. The number of ether oxygens (including phenoxy) is 1. The van der Waals surface area contributed by atoms with E-state index in [0.717, 1.165) is 10.9 Å². The molecule has 3 atom stereocenters. The van der Waals surface area contributed by atoms with E-state index < -0.39 is 0 Å². The lowest BCUT2D eigenvalue weighted by molar-refractivity contribution is 0.259. The van der Waals surface area contributed by atoms with Gasteiger partial charge in [-0.05, 0) is 54.7 Å². The van der Waals surface area contributed by atoms with Crippen LogP contribution in [-0.2, 0) is 0 Å². The van der Waals surface area contributed by atoms with Crippen LogP contribution in [-0.4, -0.2) is 29.8 Å². The summed E-state index contributed by atoms with van der Waals surface area (Å²) in [5.41, 5.74) is 2.90. The summed E-state index contributed by atoms with van der Waals surface area (Å²) in [4.78, 5) is 0. The third kappa shape index (κ3) is 3.16. The molecule has 1 saturated carbocycles. The Hall–Kier alpha value is -0.850. The zero-order valence-electron chi connectivity index (χ0n) is 13.7. The molecule has 0 unspecified atom stereocenters. The van der Waals surface area contributed by atoms with Crippen LogP contribution >= 0.6 is 35.7 Å². The van der Waals surface area contributed by atoms with Gasteiger partial charge in [0.1, 0.15) is 5.75 Å². The van der Waals surface area contributed by atoms with Gasteiger partial charge in [-0.2, -0.15) is 0 Å². The summed E-state index contributed by atoms with van der Waals surface area (Å²) < 4.78 is 6.85. The first-order chi connectivity index (χ1) is 11.8. The largest absolute Gasteiger partial charge is 0.497 e. The molecule has 2 saturated heterocycles. The van der Waals surface area contributed by atoms with Crippen molar-refractivity contribution in [3.05, 3.63) is 39.6 Å². The number of nitrogens with one attached hydrogen (secondary N) is 2. The van der Waals surface area contributed by atoms with E-state index >= 15 is 0 Å². The number of benzene rings is 1. The molecule has 2 N–H and O–H groups in total. The van der Waals surface area contributed by atoms with Gasteiger partial charge >= 0.3 is 0 Å². The third-order valence-corrected chi connectivity index (χ3v) is 8.14. The molecular formula is C18H22N2OS3. The van der Waals surface area contributed by atoms with Crippen LogP contribution in [0.5, 0.6) is 5.75 Å². The fourth-order valence-corrected chi connectivity index (χ4v) is 6.91. The standard InChI is InChI=1S/C18H22N2OS3/c1-21-12-7-5-11(6-8-12)15-13-3-2-4-14(17-23-9-10-24-17)16(13)20-18(22)19-15/h5-8,13,15-16H,2-4,9-10H2,1H3,(H2,19,20,22)/t13-,15+,16+/m1/s1. The van der Waals surface area contributed by atoms with Gasteiger partial charge in [0.05, 0.1) is 19.2 Å². The van der Waals surface area contributed by atoms with E-state index in [-0.39, 0.29) is 6.04 Å². The first kappa shape index (κ1) is 16.6. The first-order valence-electron chi connectivity index (χ1n) is 8.46. The molecule has 4 rings (SSSR count). The summed E-state index contributed by atoms with van der Waals surface area (Å²) in [5, 5.41) is 7.88. The Morgan fingerprint density at radius 3 is 2.50 bits per heavy atom. The van der Waals surface area contributed by atoms with Gasteiger partial charge < -0.3 is 15.4 Å². The van der Waals surface area contributed by atoms with E-state index in [1.54, 1.807) is 16.9 Å². The summed E-state index contributed by atoms with van der Waals surface area (Å²) in [7, 11) is 1.71. The average Bonchev–Trinajstić information content (AvgIpc) is 3.15. The van der Waals surface area contributed by atoms with E-state index in [1.165, 1.54) is 36.3 Å². The van der Waals surface area contributed by atoms with Crippen LogP contribution in [0, 0.1) is 5.92 Å². The summed E-state index contributed by atoms with van der Waals surface area (Å²) in [6.07, 6.45) is 3.71. The minimum absolute atomic E-state index is 0.280. The number of hydrogen-bond donors (Lipinski definition) is 2. The highest BCUT2D eigenvalue weighted by Crippen LogP contribution is 2.47. The Kier molecular flexibility index (Phi) is 4.97. The molecule has 24 heavy (non-hydrogen) atoms. The zero-order chi connectivity index (χ0) is 16.5. The fraction of sp³-hybridized carbons (Fsp3) is 0.500. The molecule has 3 aliphatic rings. The Balaban J connectivity index is 1.65. The van der Waals surface area contributed by atoms with Crippen molar-refractivity contribution in [2.24, 2.45) is 5.92 Å². The van der Waals surface area contributed by atoms with Crippen LogP contribution in [0.2, 0.25) is 0 Å². The molecule has 2 heterocycles. The molecule has 6 heteroatoms. The van der Waals surface area contributed by atoms with Gasteiger partial charge in [-0.25, -0.2) is 0 Å². The van der Waals surface area contributed by atoms with Crippen LogP contribution < -0.4 is 15.4 Å². The Labute approximate surface area is 157 Å². The van der Waals surface area contributed by atoms with E-state index in [1.807, 2.05) is 35.7 Å². The van der Waals surface area contributed by atoms with Gasteiger partial charge in [0.25, 0.3) is 0 Å². The predicted molar refractivity (Wildman–Crippen MR) is 108 cm³/mol. The van der Waals surface area contributed by atoms with Crippen LogP contribution in [0.25, 0.3) is 0 Å². The Morgan fingerprint density at radius 2 is 1.79 bits per heavy atom. The van der Waals surface area contributed by atoms with Crippen molar-refractivity contribution in [3.63, 3.8) is 0 Å².